The zero-order valence-corrected chi connectivity index (χ0v) is 17.4. The molecule has 0 saturated carbocycles. The molecule has 1 unspecified atom stereocenters. The first kappa shape index (κ1) is 18.9. The van der Waals surface area contributed by atoms with Crippen LogP contribution in [0.3, 0.4) is 0 Å². The Balaban J connectivity index is 1.45. The second kappa shape index (κ2) is 7.90. The van der Waals surface area contributed by atoms with Crippen molar-refractivity contribution in [1.82, 2.24) is 9.97 Å². The molecule has 7 heteroatoms. The normalized spacial score (nSPS) is 15.8. The van der Waals surface area contributed by atoms with Gasteiger partial charge in [-0.3, -0.25) is 4.79 Å². The molecule has 1 aromatic carbocycles. The van der Waals surface area contributed by atoms with Gasteiger partial charge in [0.25, 0.3) is 0 Å². The van der Waals surface area contributed by atoms with Crippen molar-refractivity contribution in [2.75, 3.05) is 11.1 Å². The first-order chi connectivity index (χ1) is 13.5. The maximum atomic E-state index is 12.4. The minimum atomic E-state index is -0.140. The number of benzene rings is 1. The summed E-state index contributed by atoms with van der Waals surface area (Å²) in [6.45, 7) is 4.24. The van der Waals surface area contributed by atoms with Crippen LogP contribution in [-0.2, 0) is 17.6 Å². The first-order valence-electron chi connectivity index (χ1n) is 9.25. The van der Waals surface area contributed by atoms with E-state index in [1.165, 1.54) is 28.7 Å². The molecule has 0 aliphatic heterocycles. The Morgan fingerprint density at radius 2 is 2.29 bits per heavy atom. The van der Waals surface area contributed by atoms with Crippen molar-refractivity contribution in [3.8, 4) is 6.07 Å². The zero-order valence-electron chi connectivity index (χ0n) is 15.8. The molecule has 2 heterocycles. The highest BCUT2D eigenvalue weighted by atomic mass is 32.2. The maximum Gasteiger partial charge on any atom is 0.236 e. The molecule has 28 heavy (non-hydrogen) atoms. The van der Waals surface area contributed by atoms with Crippen LogP contribution in [0.15, 0.2) is 29.3 Å². The van der Waals surface area contributed by atoms with Crippen molar-refractivity contribution in [1.29, 1.82) is 5.26 Å². The van der Waals surface area contributed by atoms with Crippen LogP contribution in [0.25, 0.3) is 10.2 Å². The molecule has 3 aromatic rings. The molecule has 0 saturated heterocycles. The van der Waals surface area contributed by atoms with Crippen molar-refractivity contribution < 1.29 is 4.79 Å². The van der Waals surface area contributed by atoms with E-state index in [0.29, 0.717) is 21.6 Å². The highest BCUT2D eigenvalue weighted by molar-refractivity contribution is 8.00. The Kier molecular flexibility index (Phi) is 5.33. The van der Waals surface area contributed by atoms with Crippen LogP contribution in [0.2, 0.25) is 0 Å². The number of fused-ring (bicyclic) bond motifs is 2. The number of nitriles is 1. The highest BCUT2D eigenvalue weighted by Gasteiger charge is 2.20. The average Bonchev–Trinajstić information content (AvgIpc) is 3.09. The number of aryl methyl sites for hydroxylation is 2. The fraction of sp³-hybridized carbons (Fsp3) is 0.333. The zero-order chi connectivity index (χ0) is 19.7. The summed E-state index contributed by atoms with van der Waals surface area (Å²) in [6, 6.07) is 10.2. The van der Waals surface area contributed by atoms with Gasteiger partial charge in [-0.1, -0.05) is 42.2 Å². The van der Waals surface area contributed by atoms with Crippen LogP contribution in [0, 0.1) is 24.2 Å². The molecule has 5 nitrogen and oxygen atoms in total. The van der Waals surface area contributed by atoms with E-state index in [2.05, 4.69) is 23.3 Å². The van der Waals surface area contributed by atoms with Crippen LogP contribution < -0.4 is 5.32 Å². The molecule has 1 aliphatic carbocycles. The second-order valence-corrected chi connectivity index (χ2v) is 9.18. The number of pyridine rings is 1. The lowest BCUT2D eigenvalue weighted by Crippen LogP contribution is -2.16. The Labute approximate surface area is 172 Å². The predicted octanol–water partition coefficient (Wildman–Crippen LogP) is 4.73. The van der Waals surface area contributed by atoms with Gasteiger partial charge >= 0.3 is 0 Å². The molecule has 1 amide bonds. The van der Waals surface area contributed by atoms with Gasteiger partial charge in [-0.05, 0) is 55.4 Å². The van der Waals surface area contributed by atoms with Gasteiger partial charge in [-0.15, -0.1) is 0 Å². The highest BCUT2D eigenvalue weighted by Crippen LogP contribution is 2.30. The standard InChI is InChI=1S/C21H20N4OS2/c1-12-6-7-16-14(8-12)9-15(10-22)20(23-16)27-11-18(26)24-21-25-19-13(2)4-3-5-17(19)28-21/h3-5,9,12H,6-8,11H2,1-2H3,(H,24,25,26). The predicted molar refractivity (Wildman–Crippen MR) is 114 cm³/mol. The molecular formula is C21H20N4OS2. The summed E-state index contributed by atoms with van der Waals surface area (Å²) in [5.41, 5.74) is 4.82. The molecule has 1 N–H and O–H groups in total. The van der Waals surface area contributed by atoms with Gasteiger partial charge in [0.1, 0.15) is 11.1 Å². The number of hydrogen-bond donors (Lipinski definition) is 1. The quantitative estimate of drug-likeness (QED) is 0.632. The number of amides is 1. The van der Waals surface area contributed by atoms with Crippen LogP contribution in [-0.4, -0.2) is 21.6 Å². The minimum absolute atomic E-state index is 0.140. The fourth-order valence-electron chi connectivity index (χ4n) is 3.45. The second-order valence-electron chi connectivity index (χ2n) is 7.18. The first-order valence-corrected chi connectivity index (χ1v) is 11.1. The Bertz CT molecular complexity index is 1100. The molecule has 1 aliphatic rings. The molecule has 2 aromatic heterocycles. The lowest BCUT2D eigenvalue weighted by molar-refractivity contribution is -0.113. The van der Waals surface area contributed by atoms with Crippen LogP contribution in [0.5, 0.6) is 0 Å². The number of carbonyl (C=O) groups excluding carboxylic acids is 1. The van der Waals surface area contributed by atoms with E-state index in [0.717, 1.165) is 40.7 Å². The van der Waals surface area contributed by atoms with Gasteiger partial charge in [0.15, 0.2) is 5.13 Å². The summed E-state index contributed by atoms with van der Waals surface area (Å²) >= 11 is 2.78. The summed E-state index contributed by atoms with van der Waals surface area (Å²) in [6.07, 6.45) is 3.03. The number of hydrogen-bond acceptors (Lipinski definition) is 6. The minimum Gasteiger partial charge on any atom is -0.301 e. The molecule has 1 atom stereocenters. The lowest BCUT2D eigenvalue weighted by Gasteiger charge is -2.21. The molecule has 0 radical (unpaired) electrons. The van der Waals surface area contributed by atoms with Gasteiger partial charge in [0.05, 0.1) is 21.5 Å². The van der Waals surface area contributed by atoms with E-state index >= 15 is 0 Å². The van der Waals surface area contributed by atoms with Gasteiger partial charge in [0.2, 0.25) is 5.91 Å². The summed E-state index contributed by atoms with van der Waals surface area (Å²) < 4.78 is 1.06. The Hall–Kier alpha value is -2.43. The van der Waals surface area contributed by atoms with E-state index in [1.54, 1.807) is 0 Å². The lowest BCUT2D eigenvalue weighted by atomic mass is 9.87. The third-order valence-electron chi connectivity index (χ3n) is 4.93. The van der Waals surface area contributed by atoms with Crippen molar-refractivity contribution in [3.63, 3.8) is 0 Å². The third kappa shape index (κ3) is 3.89. The number of thiazole rings is 1. The fourth-order valence-corrected chi connectivity index (χ4v) is 5.18. The summed E-state index contributed by atoms with van der Waals surface area (Å²) in [5, 5.41) is 13.6. The van der Waals surface area contributed by atoms with Crippen LogP contribution in [0.1, 0.15) is 35.7 Å². The smallest absolute Gasteiger partial charge is 0.236 e. The SMILES string of the molecule is Cc1cccc2sc(NC(=O)CSc3nc4c(cc3C#N)CC(C)CC4)nc12. The molecule has 0 fully saturated rings. The monoisotopic (exact) mass is 408 g/mol. The van der Waals surface area contributed by atoms with E-state index in [4.69, 9.17) is 4.98 Å². The van der Waals surface area contributed by atoms with Gasteiger partial charge < -0.3 is 5.32 Å². The molecular weight excluding hydrogens is 388 g/mol. The topological polar surface area (TPSA) is 78.7 Å². The summed E-state index contributed by atoms with van der Waals surface area (Å²) in [5.74, 6) is 0.688. The van der Waals surface area contributed by atoms with Crippen molar-refractivity contribution in [2.45, 2.75) is 38.1 Å². The number of nitrogens with one attached hydrogen (secondary N) is 1. The van der Waals surface area contributed by atoms with Crippen molar-refractivity contribution in [2.24, 2.45) is 5.92 Å². The van der Waals surface area contributed by atoms with E-state index < -0.39 is 0 Å². The molecule has 4 rings (SSSR count). The largest absolute Gasteiger partial charge is 0.301 e. The number of carbonyl (C=O) groups is 1. The average molecular weight is 409 g/mol. The summed E-state index contributed by atoms with van der Waals surface area (Å²) in [4.78, 5) is 21.6. The van der Waals surface area contributed by atoms with Crippen molar-refractivity contribution >= 4 is 44.4 Å². The molecule has 142 valence electrons. The van der Waals surface area contributed by atoms with E-state index in [9.17, 15) is 10.1 Å². The third-order valence-corrected chi connectivity index (χ3v) is 6.85. The van der Waals surface area contributed by atoms with Gasteiger partial charge in [-0.25, -0.2) is 9.97 Å². The van der Waals surface area contributed by atoms with Crippen LogP contribution >= 0.6 is 23.1 Å². The van der Waals surface area contributed by atoms with Crippen molar-refractivity contribution in [3.05, 3.63) is 46.6 Å². The number of rotatable bonds is 4. The van der Waals surface area contributed by atoms with E-state index in [-0.39, 0.29) is 11.7 Å². The molecule has 0 bridgehead atoms. The number of aromatic nitrogens is 2. The number of anilines is 1. The summed E-state index contributed by atoms with van der Waals surface area (Å²) in [7, 11) is 0. The molecule has 0 spiro atoms. The number of para-hydroxylation sites is 1. The van der Waals surface area contributed by atoms with Gasteiger partial charge in [0, 0.05) is 5.69 Å². The number of thioether (sulfide) groups is 1. The van der Waals surface area contributed by atoms with Gasteiger partial charge in [-0.2, -0.15) is 5.26 Å². The number of nitrogens with zero attached hydrogens (tertiary/aromatic N) is 3. The van der Waals surface area contributed by atoms with E-state index in [1.807, 2.05) is 31.2 Å². The Morgan fingerprint density at radius 1 is 1.43 bits per heavy atom. The van der Waals surface area contributed by atoms with Crippen LogP contribution in [0.4, 0.5) is 5.13 Å². The maximum absolute atomic E-state index is 12.4. The Morgan fingerprint density at radius 3 is 3.07 bits per heavy atom.